The Hall–Kier alpha value is -1.07. The predicted octanol–water partition coefficient (Wildman–Crippen LogP) is 2.96. The number of likely N-dealkylation sites (tertiary alicyclic amines) is 2. The highest BCUT2D eigenvalue weighted by Crippen LogP contribution is 2.30. The van der Waals surface area contributed by atoms with Crippen LogP contribution in [0.1, 0.15) is 43.8 Å². The van der Waals surface area contributed by atoms with Crippen LogP contribution < -0.4 is 0 Å². The molecule has 0 aromatic carbocycles. The summed E-state index contributed by atoms with van der Waals surface area (Å²) in [5.41, 5.74) is 1.04. The average molecular weight is 334 g/mol. The summed E-state index contributed by atoms with van der Waals surface area (Å²) in [5.74, 6) is 1.96. The molecule has 2 fully saturated rings. The van der Waals surface area contributed by atoms with Crippen molar-refractivity contribution in [1.29, 1.82) is 0 Å². The Balaban J connectivity index is 1.48. The number of carbonyl (C=O) groups excluding carboxylic acids is 1. The van der Waals surface area contributed by atoms with Crippen LogP contribution in [0.15, 0.2) is 24.4 Å². The van der Waals surface area contributed by atoms with Crippen LogP contribution in [-0.4, -0.2) is 58.4 Å². The quantitative estimate of drug-likeness (QED) is 0.750. The van der Waals surface area contributed by atoms with E-state index in [-0.39, 0.29) is 11.9 Å². The third-order valence-corrected chi connectivity index (χ3v) is 5.75. The van der Waals surface area contributed by atoms with Crippen molar-refractivity contribution in [2.75, 3.05) is 37.7 Å². The monoisotopic (exact) mass is 333 g/mol. The Kier molecular flexibility index (Phi) is 6.34. The van der Waals surface area contributed by atoms with Crippen LogP contribution in [0.4, 0.5) is 0 Å². The van der Waals surface area contributed by atoms with Crippen molar-refractivity contribution in [2.24, 2.45) is 0 Å². The number of hydrogen-bond acceptors (Lipinski definition) is 4. The zero-order valence-electron chi connectivity index (χ0n) is 13.8. The molecule has 0 aliphatic carbocycles. The number of amides is 1. The largest absolute Gasteiger partial charge is 0.333 e. The number of carbonyl (C=O) groups is 1. The second-order valence-corrected chi connectivity index (χ2v) is 7.56. The van der Waals surface area contributed by atoms with Crippen LogP contribution in [0.5, 0.6) is 0 Å². The van der Waals surface area contributed by atoms with Crippen molar-refractivity contribution in [3.05, 3.63) is 30.1 Å². The lowest BCUT2D eigenvalue weighted by atomic mass is 9.99. The third kappa shape index (κ3) is 4.70. The van der Waals surface area contributed by atoms with Gasteiger partial charge in [0.2, 0.25) is 5.91 Å². The molecule has 1 amide bonds. The van der Waals surface area contributed by atoms with E-state index >= 15 is 0 Å². The minimum absolute atomic E-state index is 0.177. The Labute approximate surface area is 143 Å². The third-order valence-electron chi connectivity index (χ3n) is 4.83. The van der Waals surface area contributed by atoms with E-state index in [1.165, 1.54) is 32.4 Å². The van der Waals surface area contributed by atoms with Crippen molar-refractivity contribution in [2.45, 2.75) is 38.1 Å². The maximum atomic E-state index is 12.6. The first-order valence-corrected chi connectivity index (χ1v) is 10.0. The van der Waals surface area contributed by atoms with Gasteiger partial charge >= 0.3 is 0 Å². The van der Waals surface area contributed by atoms with Gasteiger partial charge in [-0.05, 0) is 57.3 Å². The van der Waals surface area contributed by atoms with Gasteiger partial charge in [-0.15, -0.1) is 0 Å². The summed E-state index contributed by atoms with van der Waals surface area (Å²) in [6, 6.07) is 6.19. The summed E-state index contributed by atoms with van der Waals surface area (Å²) < 4.78 is 0. The van der Waals surface area contributed by atoms with Gasteiger partial charge in [-0.2, -0.15) is 11.8 Å². The molecule has 23 heavy (non-hydrogen) atoms. The summed E-state index contributed by atoms with van der Waals surface area (Å²) in [7, 11) is 0. The highest BCUT2D eigenvalue weighted by molar-refractivity contribution is 7.99. The molecule has 3 rings (SSSR count). The van der Waals surface area contributed by atoms with Crippen molar-refractivity contribution in [3.8, 4) is 0 Å². The molecule has 0 radical (unpaired) electrons. The molecular weight excluding hydrogens is 306 g/mol. The molecule has 0 unspecified atom stereocenters. The van der Waals surface area contributed by atoms with Gasteiger partial charge in [0.1, 0.15) is 0 Å². The predicted molar refractivity (Wildman–Crippen MR) is 95.5 cm³/mol. The molecule has 3 heterocycles. The van der Waals surface area contributed by atoms with Gasteiger partial charge in [-0.1, -0.05) is 6.07 Å². The summed E-state index contributed by atoms with van der Waals surface area (Å²) in [6.45, 7) is 4.49. The number of piperidine rings is 1. The Bertz CT molecular complexity index is 490. The molecule has 0 N–H and O–H groups in total. The second-order valence-electron chi connectivity index (χ2n) is 6.45. The Morgan fingerprint density at radius 1 is 1.17 bits per heavy atom. The fraction of sp³-hybridized carbons (Fsp3) is 0.667. The van der Waals surface area contributed by atoms with E-state index in [1.54, 1.807) is 11.8 Å². The van der Waals surface area contributed by atoms with E-state index in [0.717, 1.165) is 37.4 Å². The summed E-state index contributed by atoms with van der Waals surface area (Å²) in [6.07, 6.45) is 7.85. The van der Waals surface area contributed by atoms with Crippen molar-refractivity contribution >= 4 is 17.7 Å². The SMILES string of the molecule is O=C(CSCCN1CCCC1)N1CCCC[C@@H]1c1ccccn1. The maximum Gasteiger partial charge on any atom is 0.233 e. The average Bonchev–Trinajstić information content (AvgIpc) is 3.13. The highest BCUT2D eigenvalue weighted by atomic mass is 32.2. The van der Waals surface area contributed by atoms with Gasteiger partial charge < -0.3 is 9.80 Å². The summed E-state index contributed by atoms with van der Waals surface area (Å²) >= 11 is 1.79. The molecule has 4 nitrogen and oxygen atoms in total. The minimum atomic E-state index is 0.177. The molecule has 2 saturated heterocycles. The van der Waals surface area contributed by atoms with Gasteiger partial charge in [-0.25, -0.2) is 0 Å². The number of thioether (sulfide) groups is 1. The topological polar surface area (TPSA) is 36.4 Å². The maximum absolute atomic E-state index is 12.6. The van der Waals surface area contributed by atoms with E-state index in [4.69, 9.17) is 0 Å². The summed E-state index contributed by atoms with van der Waals surface area (Å²) in [4.78, 5) is 21.7. The first kappa shape index (κ1) is 16.8. The van der Waals surface area contributed by atoms with E-state index in [1.807, 2.05) is 18.3 Å². The van der Waals surface area contributed by atoms with Crippen LogP contribution in [0.3, 0.4) is 0 Å². The van der Waals surface area contributed by atoms with Gasteiger partial charge in [0.05, 0.1) is 17.5 Å². The molecule has 1 aromatic rings. The van der Waals surface area contributed by atoms with Crippen LogP contribution >= 0.6 is 11.8 Å². The highest BCUT2D eigenvalue weighted by Gasteiger charge is 2.28. The number of hydrogen-bond donors (Lipinski definition) is 0. The smallest absolute Gasteiger partial charge is 0.233 e. The van der Waals surface area contributed by atoms with E-state index in [9.17, 15) is 4.79 Å². The zero-order valence-corrected chi connectivity index (χ0v) is 14.6. The lowest BCUT2D eigenvalue weighted by Gasteiger charge is -2.35. The molecule has 1 aromatic heterocycles. The first-order chi connectivity index (χ1) is 11.3. The van der Waals surface area contributed by atoms with Crippen LogP contribution in [0.25, 0.3) is 0 Å². The van der Waals surface area contributed by atoms with Crippen molar-refractivity contribution in [1.82, 2.24) is 14.8 Å². The molecule has 2 aliphatic heterocycles. The Morgan fingerprint density at radius 3 is 2.78 bits per heavy atom. The van der Waals surface area contributed by atoms with Crippen LogP contribution in [-0.2, 0) is 4.79 Å². The normalized spacial score (nSPS) is 22.4. The molecule has 0 saturated carbocycles. The molecule has 0 bridgehead atoms. The van der Waals surface area contributed by atoms with E-state index < -0.39 is 0 Å². The van der Waals surface area contributed by atoms with Crippen molar-refractivity contribution < 1.29 is 4.79 Å². The fourth-order valence-electron chi connectivity index (χ4n) is 3.55. The number of nitrogens with zero attached hydrogens (tertiary/aromatic N) is 3. The van der Waals surface area contributed by atoms with E-state index in [2.05, 4.69) is 20.9 Å². The zero-order chi connectivity index (χ0) is 15.9. The second kappa shape index (κ2) is 8.69. The van der Waals surface area contributed by atoms with Crippen molar-refractivity contribution in [3.63, 3.8) is 0 Å². The Morgan fingerprint density at radius 2 is 2.00 bits per heavy atom. The molecule has 0 spiro atoms. The number of aromatic nitrogens is 1. The molecule has 1 atom stereocenters. The van der Waals surface area contributed by atoms with Gasteiger partial charge in [0.15, 0.2) is 0 Å². The number of pyridine rings is 1. The lowest BCUT2D eigenvalue weighted by molar-refractivity contribution is -0.132. The molecule has 126 valence electrons. The molecule has 5 heteroatoms. The summed E-state index contributed by atoms with van der Waals surface area (Å²) in [5, 5.41) is 0. The van der Waals surface area contributed by atoms with Gasteiger partial charge in [0.25, 0.3) is 0 Å². The minimum Gasteiger partial charge on any atom is -0.333 e. The van der Waals surface area contributed by atoms with Crippen LogP contribution in [0, 0.1) is 0 Å². The first-order valence-electron chi connectivity index (χ1n) is 8.85. The fourth-order valence-corrected chi connectivity index (χ4v) is 4.42. The number of rotatable bonds is 6. The lowest BCUT2D eigenvalue weighted by Crippen LogP contribution is -2.40. The molecule has 2 aliphatic rings. The van der Waals surface area contributed by atoms with Gasteiger partial charge in [-0.3, -0.25) is 9.78 Å². The van der Waals surface area contributed by atoms with Crippen LogP contribution in [0.2, 0.25) is 0 Å². The standard InChI is InChI=1S/C18H27N3OS/c22-18(15-23-14-13-20-10-5-6-11-20)21-12-4-2-8-17(21)16-7-1-3-9-19-16/h1,3,7,9,17H,2,4-6,8,10-15H2/t17-/m1/s1. The van der Waals surface area contributed by atoms with Gasteiger partial charge in [0, 0.05) is 25.0 Å². The molecular formula is C18H27N3OS. The van der Waals surface area contributed by atoms with E-state index in [0.29, 0.717) is 5.75 Å².